The maximum atomic E-state index is 12.1. The van der Waals surface area contributed by atoms with Crippen molar-refractivity contribution >= 4 is 22.9 Å². The lowest BCUT2D eigenvalue weighted by atomic mass is 9.96. The Morgan fingerprint density at radius 2 is 1.96 bits per heavy atom. The summed E-state index contributed by atoms with van der Waals surface area (Å²) in [5, 5.41) is 5.23. The van der Waals surface area contributed by atoms with Crippen LogP contribution in [0.4, 0.5) is 5.69 Å². The van der Waals surface area contributed by atoms with Crippen LogP contribution in [-0.2, 0) is 17.8 Å². The Bertz CT molecular complexity index is 631. The van der Waals surface area contributed by atoms with Crippen LogP contribution in [0.15, 0.2) is 41.8 Å². The Hall–Kier alpha value is -1.85. The number of anilines is 1. The van der Waals surface area contributed by atoms with Crippen molar-refractivity contribution in [2.24, 2.45) is 5.92 Å². The van der Waals surface area contributed by atoms with E-state index in [2.05, 4.69) is 27.7 Å². The van der Waals surface area contributed by atoms with Crippen LogP contribution in [0.25, 0.3) is 0 Å². The number of carbonyl (C=O) groups excluding carboxylic acids is 1. The maximum absolute atomic E-state index is 12.1. The van der Waals surface area contributed by atoms with Crippen molar-refractivity contribution in [2.75, 3.05) is 25.4 Å². The fourth-order valence-corrected chi connectivity index (χ4v) is 3.86. The van der Waals surface area contributed by atoms with E-state index in [9.17, 15) is 4.79 Å². The van der Waals surface area contributed by atoms with Crippen molar-refractivity contribution in [1.29, 1.82) is 0 Å². The summed E-state index contributed by atoms with van der Waals surface area (Å²) in [5.41, 5.74) is 7.40. The van der Waals surface area contributed by atoms with E-state index in [0.717, 1.165) is 50.3 Å². The molecule has 1 aromatic heterocycles. The van der Waals surface area contributed by atoms with Gasteiger partial charge in [0.05, 0.1) is 6.42 Å². The second-order valence-corrected chi connectivity index (χ2v) is 7.55. The molecule has 2 heterocycles. The van der Waals surface area contributed by atoms with E-state index in [1.165, 1.54) is 4.88 Å². The molecule has 3 rings (SSSR count). The summed E-state index contributed by atoms with van der Waals surface area (Å²) in [6.45, 7) is 4.10. The molecule has 1 saturated heterocycles. The smallest absolute Gasteiger partial charge is 0.224 e. The average Bonchev–Trinajstić information content (AvgIpc) is 3.09. The lowest BCUT2D eigenvalue weighted by Gasteiger charge is -2.31. The van der Waals surface area contributed by atoms with Crippen molar-refractivity contribution in [2.45, 2.75) is 25.8 Å². The van der Waals surface area contributed by atoms with Crippen LogP contribution in [-0.4, -0.2) is 30.4 Å². The molecule has 1 aliphatic rings. The standard InChI is InChI=1S/C19H25N3OS/c20-17-5-3-15(4-6-17)12-19(23)21-13-16-7-9-22(10-8-16)14-18-2-1-11-24-18/h1-6,11,16H,7-10,12-14,20H2,(H,21,23). The first-order valence-electron chi connectivity index (χ1n) is 8.55. The normalized spacial score (nSPS) is 16.2. The predicted octanol–water partition coefficient (Wildman–Crippen LogP) is 2.90. The number of carbonyl (C=O) groups is 1. The number of likely N-dealkylation sites (tertiary alicyclic amines) is 1. The molecule has 5 heteroatoms. The topological polar surface area (TPSA) is 58.4 Å². The molecule has 0 spiro atoms. The molecule has 0 bridgehead atoms. The summed E-state index contributed by atoms with van der Waals surface area (Å²) in [4.78, 5) is 16.0. The number of hydrogen-bond donors (Lipinski definition) is 2. The van der Waals surface area contributed by atoms with Gasteiger partial charge in [0.2, 0.25) is 5.91 Å². The fourth-order valence-electron chi connectivity index (χ4n) is 3.11. The first kappa shape index (κ1) is 17.0. The lowest BCUT2D eigenvalue weighted by molar-refractivity contribution is -0.120. The van der Waals surface area contributed by atoms with Crippen LogP contribution in [0.1, 0.15) is 23.3 Å². The van der Waals surface area contributed by atoms with Crippen LogP contribution < -0.4 is 11.1 Å². The zero-order valence-corrected chi connectivity index (χ0v) is 14.7. The number of piperidine rings is 1. The molecule has 3 N–H and O–H groups in total. The molecule has 0 unspecified atom stereocenters. The maximum Gasteiger partial charge on any atom is 0.224 e. The second kappa shape index (κ2) is 8.31. The van der Waals surface area contributed by atoms with Crippen LogP contribution >= 0.6 is 11.3 Å². The summed E-state index contributed by atoms with van der Waals surface area (Å²) in [5.74, 6) is 0.695. The molecule has 2 aromatic rings. The van der Waals surface area contributed by atoms with Crippen molar-refractivity contribution in [3.63, 3.8) is 0 Å². The quantitative estimate of drug-likeness (QED) is 0.793. The van der Waals surface area contributed by atoms with Crippen LogP contribution in [0.2, 0.25) is 0 Å². The van der Waals surface area contributed by atoms with E-state index < -0.39 is 0 Å². The number of amides is 1. The third-order valence-corrected chi connectivity index (χ3v) is 5.46. The third kappa shape index (κ3) is 5.08. The minimum Gasteiger partial charge on any atom is -0.399 e. The number of nitrogens with zero attached hydrogens (tertiary/aromatic N) is 1. The van der Waals surface area contributed by atoms with Gasteiger partial charge in [-0.2, -0.15) is 0 Å². The van der Waals surface area contributed by atoms with Gasteiger partial charge in [0.25, 0.3) is 0 Å². The van der Waals surface area contributed by atoms with Gasteiger partial charge in [0.15, 0.2) is 0 Å². The zero-order chi connectivity index (χ0) is 16.8. The van der Waals surface area contributed by atoms with Crippen molar-refractivity contribution in [3.05, 3.63) is 52.2 Å². The van der Waals surface area contributed by atoms with Crippen molar-refractivity contribution in [3.8, 4) is 0 Å². The minimum atomic E-state index is 0.0980. The Kier molecular flexibility index (Phi) is 5.88. The SMILES string of the molecule is Nc1ccc(CC(=O)NCC2CCN(Cc3cccs3)CC2)cc1. The summed E-state index contributed by atoms with van der Waals surface area (Å²) < 4.78 is 0. The molecule has 0 atom stereocenters. The molecule has 1 aromatic carbocycles. The van der Waals surface area contributed by atoms with Crippen molar-refractivity contribution in [1.82, 2.24) is 10.2 Å². The molecule has 24 heavy (non-hydrogen) atoms. The molecule has 0 aliphatic carbocycles. The van der Waals surface area contributed by atoms with Gasteiger partial charge < -0.3 is 11.1 Å². The van der Waals surface area contributed by atoms with E-state index in [0.29, 0.717) is 12.3 Å². The highest BCUT2D eigenvalue weighted by Crippen LogP contribution is 2.20. The van der Waals surface area contributed by atoms with Crippen LogP contribution in [0.3, 0.4) is 0 Å². The number of rotatable bonds is 6. The number of nitrogen functional groups attached to an aromatic ring is 1. The Morgan fingerprint density at radius 1 is 1.21 bits per heavy atom. The second-order valence-electron chi connectivity index (χ2n) is 6.52. The number of hydrogen-bond acceptors (Lipinski definition) is 4. The minimum absolute atomic E-state index is 0.0980. The Balaban J connectivity index is 1.35. The molecule has 1 aliphatic heterocycles. The largest absolute Gasteiger partial charge is 0.399 e. The first-order valence-corrected chi connectivity index (χ1v) is 9.43. The highest BCUT2D eigenvalue weighted by Gasteiger charge is 2.20. The van der Waals surface area contributed by atoms with Gasteiger partial charge in [-0.3, -0.25) is 9.69 Å². The summed E-state index contributed by atoms with van der Waals surface area (Å²) in [6, 6.07) is 11.8. The average molecular weight is 343 g/mol. The molecule has 1 fully saturated rings. The highest BCUT2D eigenvalue weighted by molar-refractivity contribution is 7.09. The van der Waals surface area contributed by atoms with E-state index >= 15 is 0 Å². The first-order chi connectivity index (χ1) is 11.7. The van der Waals surface area contributed by atoms with Gasteiger partial charge in [0.1, 0.15) is 0 Å². The predicted molar refractivity (Wildman–Crippen MR) is 99.9 cm³/mol. The molecule has 1 amide bonds. The van der Waals surface area contributed by atoms with Gasteiger partial charge >= 0.3 is 0 Å². The fraction of sp³-hybridized carbons (Fsp3) is 0.421. The zero-order valence-electron chi connectivity index (χ0n) is 13.9. The molecule has 0 radical (unpaired) electrons. The van der Waals surface area contributed by atoms with Gasteiger partial charge in [-0.25, -0.2) is 0 Å². The third-order valence-electron chi connectivity index (χ3n) is 4.60. The van der Waals surface area contributed by atoms with Gasteiger partial charge in [-0.1, -0.05) is 18.2 Å². The lowest BCUT2D eigenvalue weighted by Crippen LogP contribution is -2.38. The molecule has 4 nitrogen and oxygen atoms in total. The summed E-state index contributed by atoms with van der Waals surface area (Å²) in [7, 11) is 0. The monoisotopic (exact) mass is 343 g/mol. The molecular weight excluding hydrogens is 318 g/mol. The Morgan fingerprint density at radius 3 is 2.62 bits per heavy atom. The van der Waals surface area contributed by atoms with E-state index in [1.54, 1.807) is 0 Å². The number of thiophene rings is 1. The van der Waals surface area contributed by atoms with Crippen LogP contribution in [0.5, 0.6) is 0 Å². The van der Waals surface area contributed by atoms with Gasteiger partial charge in [-0.15, -0.1) is 11.3 Å². The van der Waals surface area contributed by atoms with Crippen LogP contribution in [0, 0.1) is 5.92 Å². The van der Waals surface area contributed by atoms with Gasteiger partial charge in [0, 0.05) is 23.7 Å². The highest BCUT2D eigenvalue weighted by atomic mass is 32.1. The molecular formula is C19H25N3OS. The van der Waals surface area contributed by atoms with Crippen molar-refractivity contribution < 1.29 is 4.79 Å². The van der Waals surface area contributed by atoms with E-state index in [1.807, 2.05) is 35.6 Å². The molecule has 128 valence electrons. The van der Waals surface area contributed by atoms with E-state index in [4.69, 9.17) is 5.73 Å². The van der Waals surface area contributed by atoms with Gasteiger partial charge in [-0.05, 0) is 61.0 Å². The Labute approximate surface area is 147 Å². The molecule has 0 saturated carbocycles. The summed E-state index contributed by atoms with van der Waals surface area (Å²) >= 11 is 1.83. The summed E-state index contributed by atoms with van der Waals surface area (Å²) in [6.07, 6.45) is 2.75. The number of benzene rings is 1. The number of nitrogens with one attached hydrogen (secondary N) is 1. The van der Waals surface area contributed by atoms with E-state index in [-0.39, 0.29) is 5.91 Å². The number of nitrogens with two attached hydrogens (primary N) is 1.